The molecule has 0 aromatic heterocycles. The second-order valence-electron chi connectivity index (χ2n) is 13.1. The van der Waals surface area contributed by atoms with E-state index in [0.29, 0.717) is 0 Å². The van der Waals surface area contributed by atoms with Crippen LogP contribution in [0, 0.1) is 69.2 Å². The lowest BCUT2D eigenvalue weighted by Gasteiger charge is -2.51. The normalized spacial score (nSPS) is 12.1. The van der Waals surface area contributed by atoms with Gasteiger partial charge in [-0.2, -0.15) is 0 Å². The van der Waals surface area contributed by atoms with Gasteiger partial charge in [0, 0.05) is 0 Å². The lowest BCUT2D eigenvalue weighted by Crippen LogP contribution is -2.90. The summed E-state index contributed by atoms with van der Waals surface area (Å²) in [5.41, 5.74) is 14.2. The van der Waals surface area contributed by atoms with E-state index in [1.807, 2.05) is 0 Å². The molecule has 0 heterocycles. The van der Waals surface area contributed by atoms with Crippen LogP contribution in [0.15, 0.2) is 91.0 Å². The number of benzene rings is 5. The summed E-state index contributed by atoms with van der Waals surface area (Å²) in [5, 5.41) is 7.88. The summed E-state index contributed by atoms with van der Waals surface area (Å²) < 4.78 is 0. The fourth-order valence-corrected chi connectivity index (χ4v) is 28.8. The van der Waals surface area contributed by atoms with Crippen molar-refractivity contribution < 1.29 is 0 Å². The highest BCUT2D eigenvalue weighted by molar-refractivity contribution is 7.63. The average molecular weight is 597 g/mol. The predicted molar refractivity (Wildman–Crippen MR) is 195 cm³/mol. The van der Waals surface area contributed by atoms with Crippen molar-refractivity contribution in [2.24, 2.45) is 0 Å². The maximum atomic E-state index is 2.74. The number of hydrogen-bond acceptors (Lipinski definition) is 0. The molecule has 0 N–H and O–H groups in total. The van der Waals surface area contributed by atoms with Crippen molar-refractivity contribution in [2.75, 3.05) is 0 Å². The molecule has 43 heavy (non-hydrogen) atoms. The van der Waals surface area contributed by atoms with Crippen LogP contribution in [0.2, 0.25) is 6.55 Å². The lowest BCUT2D eigenvalue weighted by molar-refractivity contribution is 1.33. The van der Waals surface area contributed by atoms with Gasteiger partial charge in [0.2, 0.25) is 0 Å². The Bertz CT molecular complexity index is 1670. The predicted octanol–water partition coefficient (Wildman–Crippen LogP) is 7.21. The highest BCUT2D eigenvalue weighted by Crippen LogP contribution is 2.29. The van der Waals surface area contributed by atoms with Gasteiger partial charge in [0.1, 0.15) is 7.59 Å². The van der Waals surface area contributed by atoms with Crippen LogP contribution in [0.5, 0.6) is 0 Å². The van der Waals surface area contributed by atoms with Gasteiger partial charge in [-0.05, 0) is 140 Å². The number of rotatable bonds is 6. The third-order valence-electron chi connectivity index (χ3n) is 11.1. The summed E-state index contributed by atoms with van der Waals surface area (Å²) in [5.74, 6) is 0. The smallest absolute Gasteiger partial charge is 0.0625 e. The van der Waals surface area contributed by atoms with Crippen LogP contribution in [0.25, 0.3) is 0 Å². The zero-order valence-electron chi connectivity index (χ0n) is 28.2. The first-order valence-corrected chi connectivity index (χ1v) is 21.2. The maximum Gasteiger partial charge on any atom is 0.150 e. The highest BCUT2D eigenvalue weighted by Gasteiger charge is 2.60. The van der Waals surface area contributed by atoms with Gasteiger partial charge in [0.05, 0.1) is 0 Å². The zero-order valence-corrected chi connectivity index (χ0v) is 30.2. The van der Waals surface area contributed by atoms with Crippen molar-refractivity contribution in [3.63, 3.8) is 0 Å². The molecule has 0 radical (unpaired) electrons. The van der Waals surface area contributed by atoms with Crippen LogP contribution < -0.4 is 25.9 Å². The Hall–Kier alpha value is -3.47. The van der Waals surface area contributed by atoms with Crippen molar-refractivity contribution in [2.45, 2.75) is 75.8 Å². The molecule has 0 unspecified atom stereocenters. The van der Waals surface area contributed by atoms with E-state index >= 15 is 0 Å². The lowest BCUT2D eigenvalue weighted by atomic mass is 10.1. The average Bonchev–Trinajstić information content (AvgIpc) is 2.98. The Kier molecular flexibility index (Phi) is 8.33. The fraction of sp³-hybridized carbons (Fsp3) is 0.268. The largest absolute Gasteiger partial charge is 0.150 e. The monoisotopic (exact) mass is 596 g/mol. The molecule has 2 heteroatoms. The van der Waals surface area contributed by atoms with E-state index in [9.17, 15) is 0 Å². The molecule has 0 spiro atoms. The van der Waals surface area contributed by atoms with Crippen molar-refractivity contribution in [3.05, 3.63) is 147 Å². The van der Waals surface area contributed by atoms with Gasteiger partial charge in [0.15, 0.2) is 7.59 Å². The van der Waals surface area contributed by atoms with Gasteiger partial charge in [-0.25, -0.2) is 0 Å². The molecule has 0 saturated carbocycles. The minimum Gasteiger partial charge on any atom is -0.0625 e. The van der Waals surface area contributed by atoms with Gasteiger partial charge in [-0.1, -0.05) is 108 Å². The zero-order chi connectivity index (χ0) is 31.3. The molecule has 0 fully saturated rings. The minimum absolute atomic E-state index is 1.38. The van der Waals surface area contributed by atoms with Gasteiger partial charge >= 0.3 is 0 Å². The summed E-state index contributed by atoms with van der Waals surface area (Å²) in [4.78, 5) is 0. The standard InChI is InChI=1S/C41H48Si2/c1-27-17-12-22-37(32(27)6)42(11,38-23-13-18-28(2)33(38)7)43(39-24-14-19-29(3)34(39)8,40-25-15-20-30(4)35(40)9)41-26-16-21-31(5)36(41)10/h12-26H,1-11H3. The molecule has 5 aromatic carbocycles. The molecule has 0 amide bonds. The Labute approximate surface area is 262 Å². The molecule has 0 aliphatic heterocycles. The Morgan fingerprint density at radius 2 is 0.512 bits per heavy atom. The van der Waals surface area contributed by atoms with Crippen LogP contribution in [0.3, 0.4) is 0 Å². The van der Waals surface area contributed by atoms with Gasteiger partial charge in [0.25, 0.3) is 0 Å². The van der Waals surface area contributed by atoms with E-state index in [1.54, 1.807) is 25.9 Å². The van der Waals surface area contributed by atoms with Crippen LogP contribution in [0.4, 0.5) is 0 Å². The van der Waals surface area contributed by atoms with Crippen molar-refractivity contribution in [1.29, 1.82) is 0 Å². The highest BCUT2D eigenvalue weighted by atomic mass is 29.3. The Morgan fingerprint density at radius 1 is 0.302 bits per heavy atom. The molecule has 0 aliphatic carbocycles. The van der Waals surface area contributed by atoms with E-state index in [-0.39, 0.29) is 0 Å². The minimum atomic E-state index is -2.86. The summed E-state index contributed by atoms with van der Waals surface area (Å²) >= 11 is 0. The van der Waals surface area contributed by atoms with Crippen molar-refractivity contribution >= 4 is 41.1 Å². The summed E-state index contributed by atoms with van der Waals surface area (Å²) in [6.45, 7) is 26.2. The summed E-state index contributed by atoms with van der Waals surface area (Å²) in [7, 11) is -5.54. The van der Waals surface area contributed by atoms with E-state index in [1.165, 1.54) is 55.6 Å². The summed E-state index contributed by atoms with van der Waals surface area (Å²) in [6, 6.07) is 35.7. The van der Waals surface area contributed by atoms with Crippen LogP contribution in [-0.4, -0.2) is 15.2 Å². The topological polar surface area (TPSA) is 0 Å². The second kappa shape index (κ2) is 11.6. The quantitative estimate of drug-likeness (QED) is 0.144. The molecule has 0 saturated heterocycles. The Balaban J connectivity index is 2.22. The molecular weight excluding hydrogens is 549 g/mol. The number of hydrogen-bond donors (Lipinski definition) is 0. The van der Waals surface area contributed by atoms with Crippen LogP contribution in [0.1, 0.15) is 55.6 Å². The SMILES string of the molecule is Cc1cccc([Si](C)(c2cccc(C)c2C)[Si](c2cccc(C)c2C)(c2cccc(C)c2C)c2cccc(C)c2C)c1C. The van der Waals surface area contributed by atoms with Crippen LogP contribution >= 0.6 is 0 Å². The van der Waals surface area contributed by atoms with E-state index in [2.05, 4.69) is 167 Å². The molecule has 0 bridgehead atoms. The first kappa shape index (κ1) is 31.0. The van der Waals surface area contributed by atoms with Crippen LogP contribution in [-0.2, 0) is 0 Å². The molecular formula is C41H48Si2. The molecule has 0 aliphatic rings. The Morgan fingerprint density at radius 3 is 0.767 bits per heavy atom. The first-order chi connectivity index (χ1) is 20.4. The second-order valence-corrected chi connectivity index (χ2v) is 24.8. The molecule has 220 valence electrons. The maximum absolute atomic E-state index is 2.86. The number of aryl methyl sites for hydroxylation is 5. The summed E-state index contributed by atoms with van der Waals surface area (Å²) in [6.07, 6.45) is 0. The first-order valence-electron chi connectivity index (χ1n) is 15.7. The van der Waals surface area contributed by atoms with E-state index < -0.39 is 15.2 Å². The van der Waals surface area contributed by atoms with Gasteiger partial charge < -0.3 is 0 Å². The van der Waals surface area contributed by atoms with E-state index in [0.717, 1.165) is 0 Å². The van der Waals surface area contributed by atoms with Crippen molar-refractivity contribution in [3.8, 4) is 0 Å². The van der Waals surface area contributed by atoms with E-state index in [4.69, 9.17) is 0 Å². The van der Waals surface area contributed by atoms with Gasteiger partial charge in [-0.3, -0.25) is 0 Å². The third-order valence-corrected chi connectivity index (χ3v) is 28.4. The fourth-order valence-electron chi connectivity index (χ4n) is 7.85. The molecule has 0 nitrogen and oxygen atoms in total. The molecule has 0 atom stereocenters. The third kappa shape index (κ3) is 4.62. The van der Waals surface area contributed by atoms with Gasteiger partial charge in [-0.15, -0.1) is 0 Å². The molecule has 5 rings (SSSR count). The van der Waals surface area contributed by atoms with Crippen molar-refractivity contribution in [1.82, 2.24) is 0 Å². The molecule has 5 aromatic rings.